The molecule has 0 unspecified atom stereocenters. The lowest BCUT2D eigenvalue weighted by Gasteiger charge is -2.12. The highest BCUT2D eigenvalue weighted by Crippen LogP contribution is 2.28. The number of aryl methyl sites for hydroxylation is 2. The number of ether oxygens (including phenoxy) is 1. The molecule has 6 heteroatoms. The Morgan fingerprint density at radius 1 is 1.11 bits per heavy atom. The van der Waals surface area contributed by atoms with Crippen LogP contribution in [-0.4, -0.2) is 33.7 Å². The largest absolute Gasteiger partial charge is 0.383 e. The number of methoxy groups -OCH3 is 1. The third-order valence-electron chi connectivity index (χ3n) is 4.45. The van der Waals surface area contributed by atoms with Gasteiger partial charge in [-0.2, -0.15) is 5.26 Å². The van der Waals surface area contributed by atoms with Gasteiger partial charge in [0.1, 0.15) is 5.25 Å². The molecule has 0 radical (unpaired) electrons. The highest BCUT2D eigenvalue weighted by atomic mass is 32.2. The quantitative estimate of drug-likeness (QED) is 0.531. The molecule has 0 aliphatic heterocycles. The molecule has 0 N–H and O–H groups in total. The molecule has 0 amide bonds. The monoisotopic (exact) mass is 392 g/mol. The third-order valence-corrected chi connectivity index (χ3v) is 5.51. The van der Waals surface area contributed by atoms with Gasteiger partial charge in [0.2, 0.25) is 0 Å². The molecule has 0 saturated carbocycles. The highest BCUT2D eigenvalue weighted by molar-refractivity contribution is 8.00. The number of benzene rings is 2. The molecule has 0 fully saturated rings. The van der Waals surface area contributed by atoms with Gasteiger partial charge in [-0.1, -0.05) is 65.4 Å². The molecular weight excluding hydrogens is 368 g/mol. The van der Waals surface area contributed by atoms with E-state index in [0.29, 0.717) is 19.6 Å². The van der Waals surface area contributed by atoms with Gasteiger partial charge in [0.05, 0.1) is 19.2 Å². The summed E-state index contributed by atoms with van der Waals surface area (Å²) in [5, 5.41) is 19.0. The molecular formula is C22H24N4OS. The standard InChI is InChI=1S/C22H24N4OS/c1-16-7-9-18(10-8-16)14-20(15-23)28-22-25-24-21(26(22)11-12-27-3)19-6-4-5-17(2)13-19/h4-10,13,20H,11-12,14H2,1-3H3/t20-/m0/s1. The average Bonchev–Trinajstić information content (AvgIpc) is 3.09. The summed E-state index contributed by atoms with van der Waals surface area (Å²) in [6.07, 6.45) is 0.665. The number of thioether (sulfide) groups is 1. The number of hydrogen-bond donors (Lipinski definition) is 0. The molecule has 0 spiro atoms. The van der Waals surface area contributed by atoms with Crippen LogP contribution in [0.4, 0.5) is 0 Å². The highest BCUT2D eigenvalue weighted by Gasteiger charge is 2.19. The molecule has 1 aromatic heterocycles. The molecule has 0 saturated heterocycles. The van der Waals surface area contributed by atoms with Gasteiger partial charge in [-0.25, -0.2) is 0 Å². The minimum absolute atomic E-state index is 0.237. The van der Waals surface area contributed by atoms with Gasteiger partial charge in [0, 0.05) is 12.7 Å². The maximum Gasteiger partial charge on any atom is 0.192 e. The summed E-state index contributed by atoms with van der Waals surface area (Å²) in [4.78, 5) is 0. The normalized spacial score (nSPS) is 11.9. The first-order valence-corrected chi connectivity index (χ1v) is 10.1. The topological polar surface area (TPSA) is 63.7 Å². The molecule has 28 heavy (non-hydrogen) atoms. The van der Waals surface area contributed by atoms with Crippen molar-refractivity contribution in [3.8, 4) is 17.5 Å². The summed E-state index contributed by atoms with van der Waals surface area (Å²) < 4.78 is 7.32. The Morgan fingerprint density at radius 3 is 2.57 bits per heavy atom. The lowest BCUT2D eigenvalue weighted by atomic mass is 10.1. The van der Waals surface area contributed by atoms with E-state index in [2.05, 4.69) is 66.5 Å². The number of rotatable bonds is 8. The minimum Gasteiger partial charge on any atom is -0.383 e. The van der Waals surface area contributed by atoms with Crippen LogP contribution < -0.4 is 0 Å². The van der Waals surface area contributed by atoms with E-state index in [1.807, 2.05) is 16.7 Å². The van der Waals surface area contributed by atoms with Crippen LogP contribution in [0.1, 0.15) is 16.7 Å². The summed E-state index contributed by atoms with van der Waals surface area (Å²) in [7, 11) is 1.68. The fourth-order valence-electron chi connectivity index (χ4n) is 2.94. The predicted octanol–water partition coefficient (Wildman–Crippen LogP) is 4.44. The molecule has 3 rings (SSSR count). The Labute approximate surface area is 170 Å². The maximum absolute atomic E-state index is 9.68. The molecule has 2 aromatic carbocycles. The van der Waals surface area contributed by atoms with Gasteiger partial charge in [0.15, 0.2) is 11.0 Å². The summed E-state index contributed by atoms with van der Waals surface area (Å²) in [6.45, 7) is 5.31. The fraction of sp³-hybridized carbons (Fsp3) is 0.318. The lowest BCUT2D eigenvalue weighted by molar-refractivity contribution is 0.185. The Hall–Kier alpha value is -2.62. The number of hydrogen-bond acceptors (Lipinski definition) is 5. The summed E-state index contributed by atoms with van der Waals surface area (Å²) in [6, 6.07) is 18.9. The van der Waals surface area contributed by atoms with Crippen molar-refractivity contribution in [1.29, 1.82) is 5.26 Å². The van der Waals surface area contributed by atoms with Gasteiger partial charge in [-0.05, 0) is 31.9 Å². The van der Waals surface area contributed by atoms with Crippen LogP contribution in [0, 0.1) is 25.2 Å². The Kier molecular flexibility index (Phi) is 6.85. The van der Waals surface area contributed by atoms with E-state index in [1.165, 1.54) is 22.9 Å². The van der Waals surface area contributed by atoms with Crippen molar-refractivity contribution in [3.63, 3.8) is 0 Å². The van der Waals surface area contributed by atoms with E-state index >= 15 is 0 Å². The lowest BCUT2D eigenvalue weighted by Crippen LogP contribution is -2.10. The average molecular weight is 393 g/mol. The second-order valence-electron chi connectivity index (χ2n) is 6.75. The molecule has 1 heterocycles. The van der Waals surface area contributed by atoms with Crippen LogP contribution in [0.25, 0.3) is 11.4 Å². The molecule has 0 aliphatic rings. The Morgan fingerprint density at radius 2 is 1.89 bits per heavy atom. The fourth-order valence-corrected chi connectivity index (χ4v) is 3.91. The molecule has 1 atom stereocenters. The SMILES string of the molecule is COCCn1c(S[C@H](C#N)Cc2ccc(C)cc2)nnc1-c1cccc(C)c1. The van der Waals surface area contributed by atoms with Gasteiger partial charge in [0.25, 0.3) is 0 Å². The first-order valence-electron chi connectivity index (χ1n) is 9.21. The Balaban J connectivity index is 1.85. The third kappa shape index (κ3) is 5.00. The van der Waals surface area contributed by atoms with Crippen LogP contribution in [0.2, 0.25) is 0 Å². The number of aromatic nitrogens is 3. The molecule has 0 aliphatic carbocycles. The van der Waals surface area contributed by atoms with Gasteiger partial charge in [-0.3, -0.25) is 4.57 Å². The first-order chi connectivity index (χ1) is 13.6. The maximum atomic E-state index is 9.68. The van der Waals surface area contributed by atoms with Crippen LogP contribution in [0.3, 0.4) is 0 Å². The van der Waals surface area contributed by atoms with E-state index in [0.717, 1.165) is 22.1 Å². The van der Waals surface area contributed by atoms with Crippen molar-refractivity contribution in [1.82, 2.24) is 14.8 Å². The zero-order valence-electron chi connectivity index (χ0n) is 16.4. The second-order valence-corrected chi connectivity index (χ2v) is 7.92. The van der Waals surface area contributed by atoms with Crippen LogP contribution >= 0.6 is 11.8 Å². The molecule has 5 nitrogen and oxygen atoms in total. The molecule has 3 aromatic rings. The van der Waals surface area contributed by atoms with E-state index < -0.39 is 0 Å². The van der Waals surface area contributed by atoms with Crippen LogP contribution in [-0.2, 0) is 17.7 Å². The zero-order valence-corrected chi connectivity index (χ0v) is 17.2. The van der Waals surface area contributed by atoms with E-state index in [4.69, 9.17) is 4.74 Å². The predicted molar refractivity (Wildman–Crippen MR) is 112 cm³/mol. The van der Waals surface area contributed by atoms with Crippen molar-refractivity contribution in [2.24, 2.45) is 0 Å². The second kappa shape index (κ2) is 9.54. The first kappa shape index (κ1) is 20.1. The summed E-state index contributed by atoms with van der Waals surface area (Å²) >= 11 is 1.46. The van der Waals surface area contributed by atoms with E-state index in [-0.39, 0.29) is 5.25 Å². The van der Waals surface area contributed by atoms with Crippen molar-refractivity contribution < 1.29 is 4.74 Å². The Bertz CT molecular complexity index is 959. The van der Waals surface area contributed by atoms with Crippen LogP contribution in [0.15, 0.2) is 53.7 Å². The molecule has 0 bridgehead atoms. The van der Waals surface area contributed by atoms with Crippen molar-refractivity contribution in [2.45, 2.75) is 37.2 Å². The summed E-state index contributed by atoms with van der Waals surface area (Å²) in [5.41, 5.74) is 4.54. The molecule has 144 valence electrons. The minimum atomic E-state index is -0.237. The van der Waals surface area contributed by atoms with Crippen molar-refractivity contribution in [2.75, 3.05) is 13.7 Å². The van der Waals surface area contributed by atoms with Crippen molar-refractivity contribution in [3.05, 3.63) is 65.2 Å². The van der Waals surface area contributed by atoms with E-state index in [9.17, 15) is 5.26 Å². The van der Waals surface area contributed by atoms with Crippen molar-refractivity contribution >= 4 is 11.8 Å². The smallest absolute Gasteiger partial charge is 0.192 e. The van der Waals surface area contributed by atoms with Gasteiger partial charge < -0.3 is 4.74 Å². The summed E-state index contributed by atoms with van der Waals surface area (Å²) in [5.74, 6) is 0.801. The van der Waals surface area contributed by atoms with E-state index in [1.54, 1.807) is 7.11 Å². The zero-order chi connectivity index (χ0) is 19.9. The number of nitrogens with zero attached hydrogens (tertiary/aromatic N) is 4. The van der Waals surface area contributed by atoms with Gasteiger partial charge in [-0.15, -0.1) is 10.2 Å². The number of nitriles is 1. The van der Waals surface area contributed by atoms with Gasteiger partial charge >= 0.3 is 0 Å². The van der Waals surface area contributed by atoms with Crippen LogP contribution in [0.5, 0.6) is 0 Å².